The first-order valence-electron chi connectivity index (χ1n) is 5.95. The van der Waals surface area contributed by atoms with E-state index in [2.05, 4.69) is 34.7 Å². The van der Waals surface area contributed by atoms with Crippen molar-refractivity contribution in [2.75, 3.05) is 13.1 Å². The summed E-state index contributed by atoms with van der Waals surface area (Å²) >= 11 is 1.34. The molecule has 1 atom stereocenters. The number of carbonyl (C=O) groups excluding carboxylic acids is 1. The van der Waals surface area contributed by atoms with E-state index in [0.29, 0.717) is 30.7 Å². The predicted molar refractivity (Wildman–Crippen MR) is 70.0 cm³/mol. The SMILES string of the molecule is CC(C)CNC(=O)C(C)Sc1nnnn1CCN. The first kappa shape index (κ1) is 14.9. The van der Waals surface area contributed by atoms with Crippen LogP contribution in [0.15, 0.2) is 5.16 Å². The molecule has 0 fully saturated rings. The van der Waals surface area contributed by atoms with E-state index >= 15 is 0 Å². The molecule has 0 aliphatic heterocycles. The molecule has 18 heavy (non-hydrogen) atoms. The molecule has 0 aliphatic rings. The van der Waals surface area contributed by atoms with Crippen LogP contribution in [0.2, 0.25) is 0 Å². The smallest absolute Gasteiger partial charge is 0.233 e. The second-order valence-electron chi connectivity index (χ2n) is 4.37. The maximum Gasteiger partial charge on any atom is 0.233 e. The van der Waals surface area contributed by atoms with Gasteiger partial charge in [-0.3, -0.25) is 4.79 Å². The fraction of sp³-hybridized carbons (Fsp3) is 0.800. The number of nitrogens with zero attached hydrogens (tertiary/aromatic N) is 4. The lowest BCUT2D eigenvalue weighted by Gasteiger charge is -2.12. The lowest BCUT2D eigenvalue weighted by atomic mass is 10.2. The summed E-state index contributed by atoms with van der Waals surface area (Å²) in [6.07, 6.45) is 0. The number of amides is 1. The van der Waals surface area contributed by atoms with Crippen LogP contribution in [0.3, 0.4) is 0 Å². The van der Waals surface area contributed by atoms with Gasteiger partial charge in [0.25, 0.3) is 0 Å². The maximum absolute atomic E-state index is 11.8. The number of nitrogens with two attached hydrogens (primary N) is 1. The van der Waals surface area contributed by atoms with Gasteiger partial charge in [-0.15, -0.1) is 5.10 Å². The molecule has 1 heterocycles. The first-order valence-corrected chi connectivity index (χ1v) is 6.83. The normalized spacial score (nSPS) is 12.7. The second kappa shape index (κ2) is 7.32. The quantitative estimate of drug-likeness (QED) is 0.672. The van der Waals surface area contributed by atoms with Crippen LogP contribution in [0, 0.1) is 5.92 Å². The summed E-state index contributed by atoms with van der Waals surface area (Å²) in [6, 6.07) is 0. The van der Waals surface area contributed by atoms with Crippen LogP contribution in [0.5, 0.6) is 0 Å². The zero-order valence-corrected chi connectivity index (χ0v) is 11.8. The molecule has 1 unspecified atom stereocenters. The third kappa shape index (κ3) is 4.61. The molecule has 7 nitrogen and oxygen atoms in total. The largest absolute Gasteiger partial charge is 0.355 e. The van der Waals surface area contributed by atoms with Crippen molar-refractivity contribution in [2.24, 2.45) is 11.7 Å². The van der Waals surface area contributed by atoms with Gasteiger partial charge in [-0.05, 0) is 23.3 Å². The number of thioether (sulfide) groups is 1. The topological polar surface area (TPSA) is 98.7 Å². The maximum atomic E-state index is 11.8. The van der Waals surface area contributed by atoms with Crippen LogP contribution in [0.25, 0.3) is 0 Å². The monoisotopic (exact) mass is 272 g/mol. The molecule has 8 heteroatoms. The zero-order chi connectivity index (χ0) is 13.5. The Kier molecular flexibility index (Phi) is 6.06. The van der Waals surface area contributed by atoms with Gasteiger partial charge < -0.3 is 11.1 Å². The van der Waals surface area contributed by atoms with Gasteiger partial charge in [-0.2, -0.15) is 0 Å². The van der Waals surface area contributed by atoms with Crippen molar-refractivity contribution in [3.8, 4) is 0 Å². The molecule has 1 amide bonds. The van der Waals surface area contributed by atoms with Crippen molar-refractivity contribution in [1.82, 2.24) is 25.5 Å². The summed E-state index contributed by atoms with van der Waals surface area (Å²) in [7, 11) is 0. The molecular formula is C10H20N6OS. The van der Waals surface area contributed by atoms with Crippen LogP contribution in [-0.4, -0.2) is 44.5 Å². The minimum Gasteiger partial charge on any atom is -0.355 e. The Bertz CT molecular complexity index is 380. The fourth-order valence-electron chi connectivity index (χ4n) is 1.20. The number of aromatic nitrogens is 4. The Labute approximate surface area is 111 Å². The van der Waals surface area contributed by atoms with Crippen LogP contribution in [-0.2, 0) is 11.3 Å². The van der Waals surface area contributed by atoms with E-state index in [9.17, 15) is 4.79 Å². The van der Waals surface area contributed by atoms with Crippen LogP contribution in [0.1, 0.15) is 20.8 Å². The van der Waals surface area contributed by atoms with E-state index in [0.717, 1.165) is 0 Å². The number of tetrazole rings is 1. The molecule has 0 saturated heterocycles. The number of nitrogens with one attached hydrogen (secondary N) is 1. The highest BCUT2D eigenvalue weighted by atomic mass is 32.2. The summed E-state index contributed by atoms with van der Waals surface area (Å²) in [6.45, 7) is 7.64. The van der Waals surface area contributed by atoms with Gasteiger partial charge in [-0.1, -0.05) is 25.6 Å². The molecule has 0 bridgehead atoms. The minimum atomic E-state index is -0.230. The van der Waals surface area contributed by atoms with Crippen molar-refractivity contribution < 1.29 is 4.79 Å². The fourth-order valence-corrected chi connectivity index (χ4v) is 2.04. The van der Waals surface area contributed by atoms with Crippen LogP contribution < -0.4 is 11.1 Å². The Morgan fingerprint density at radius 1 is 1.50 bits per heavy atom. The predicted octanol–water partition coefficient (Wildman–Crippen LogP) is -0.115. The van der Waals surface area contributed by atoms with Crippen LogP contribution in [0.4, 0.5) is 0 Å². The summed E-state index contributed by atoms with van der Waals surface area (Å²) in [5, 5.41) is 14.6. The molecule has 0 saturated carbocycles. The highest BCUT2D eigenvalue weighted by Crippen LogP contribution is 2.19. The molecule has 0 radical (unpaired) electrons. The zero-order valence-electron chi connectivity index (χ0n) is 11.0. The molecule has 1 aromatic heterocycles. The Balaban J connectivity index is 2.50. The molecule has 1 rings (SSSR count). The summed E-state index contributed by atoms with van der Waals surface area (Å²) in [5.41, 5.74) is 5.46. The molecule has 0 spiro atoms. The van der Waals surface area contributed by atoms with Gasteiger partial charge in [0.1, 0.15) is 0 Å². The lowest BCUT2D eigenvalue weighted by Crippen LogP contribution is -2.33. The third-order valence-corrected chi connectivity index (χ3v) is 3.25. The van der Waals surface area contributed by atoms with Gasteiger partial charge in [0, 0.05) is 13.1 Å². The molecule has 0 aromatic carbocycles. The number of rotatable bonds is 7. The van der Waals surface area contributed by atoms with Crippen molar-refractivity contribution in [1.29, 1.82) is 0 Å². The van der Waals surface area contributed by atoms with E-state index in [1.54, 1.807) is 4.68 Å². The van der Waals surface area contributed by atoms with Gasteiger partial charge in [0.15, 0.2) is 0 Å². The molecular weight excluding hydrogens is 252 g/mol. The van der Waals surface area contributed by atoms with E-state index in [1.807, 2.05) is 6.92 Å². The lowest BCUT2D eigenvalue weighted by molar-refractivity contribution is -0.120. The summed E-state index contributed by atoms with van der Waals surface area (Å²) in [5.74, 6) is 0.435. The number of carbonyl (C=O) groups is 1. The Morgan fingerprint density at radius 2 is 2.22 bits per heavy atom. The van der Waals surface area contributed by atoms with Crippen molar-refractivity contribution in [2.45, 2.75) is 37.7 Å². The average Bonchev–Trinajstić information content (AvgIpc) is 2.74. The summed E-state index contributed by atoms with van der Waals surface area (Å²) in [4.78, 5) is 11.8. The highest BCUT2D eigenvalue weighted by molar-refractivity contribution is 8.00. The number of hydrogen-bond donors (Lipinski definition) is 2. The van der Waals surface area contributed by atoms with Crippen molar-refractivity contribution >= 4 is 17.7 Å². The molecule has 102 valence electrons. The third-order valence-electron chi connectivity index (χ3n) is 2.18. The van der Waals surface area contributed by atoms with E-state index in [-0.39, 0.29) is 11.2 Å². The highest BCUT2D eigenvalue weighted by Gasteiger charge is 2.18. The van der Waals surface area contributed by atoms with Crippen molar-refractivity contribution in [3.05, 3.63) is 0 Å². The van der Waals surface area contributed by atoms with Gasteiger partial charge in [0.2, 0.25) is 11.1 Å². The Hall–Kier alpha value is -1.15. The van der Waals surface area contributed by atoms with Gasteiger partial charge in [0.05, 0.1) is 11.8 Å². The summed E-state index contributed by atoms with van der Waals surface area (Å²) < 4.78 is 1.61. The van der Waals surface area contributed by atoms with Crippen molar-refractivity contribution in [3.63, 3.8) is 0 Å². The molecule has 1 aromatic rings. The van der Waals surface area contributed by atoms with Gasteiger partial charge in [-0.25, -0.2) is 4.68 Å². The molecule has 3 N–H and O–H groups in total. The number of hydrogen-bond acceptors (Lipinski definition) is 6. The van der Waals surface area contributed by atoms with Crippen LogP contribution >= 0.6 is 11.8 Å². The first-order chi connectivity index (χ1) is 8.54. The standard InChI is InChI=1S/C10H20N6OS/c1-7(2)6-12-9(17)8(3)18-10-13-14-15-16(10)5-4-11/h7-8H,4-6,11H2,1-3H3,(H,12,17). The second-order valence-corrected chi connectivity index (χ2v) is 5.68. The van der Waals surface area contributed by atoms with Gasteiger partial charge >= 0.3 is 0 Å². The van der Waals surface area contributed by atoms with E-state index < -0.39 is 0 Å². The van der Waals surface area contributed by atoms with E-state index in [4.69, 9.17) is 5.73 Å². The average molecular weight is 272 g/mol. The Morgan fingerprint density at radius 3 is 2.83 bits per heavy atom. The minimum absolute atomic E-state index is 0.00371. The molecule has 0 aliphatic carbocycles. The van der Waals surface area contributed by atoms with E-state index in [1.165, 1.54) is 11.8 Å².